The summed E-state index contributed by atoms with van der Waals surface area (Å²) < 4.78 is 0. The van der Waals surface area contributed by atoms with Crippen molar-refractivity contribution >= 4 is 11.4 Å². The normalized spacial score (nSPS) is 12.5. The van der Waals surface area contributed by atoms with Crippen molar-refractivity contribution in [2.24, 2.45) is 0 Å². The van der Waals surface area contributed by atoms with Crippen LogP contribution in [0.4, 0.5) is 11.4 Å². The van der Waals surface area contributed by atoms with Crippen molar-refractivity contribution in [2.45, 2.75) is 20.1 Å². The molecule has 3 heteroatoms. The van der Waals surface area contributed by atoms with Crippen LogP contribution in [0.5, 0.6) is 0 Å². The van der Waals surface area contributed by atoms with Gasteiger partial charge in [-0.05, 0) is 32.0 Å². The fourth-order valence-corrected chi connectivity index (χ4v) is 1.37. The number of anilines is 2. The summed E-state index contributed by atoms with van der Waals surface area (Å²) in [5, 5.41) is 9.44. The van der Waals surface area contributed by atoms with Gasteiger partial charge in [0.1, 0.15) is 6.23 Å². The molecule has 0 aliphatic rings. The smallest absolute Gasteiger partial charge is 0.124 e. The molecule has 0 aliphatic carbocycles. The second kappa shape index (κ2) is 4.14. The van der Waals surface area contributed by atoms with Crippen LogP contribution in [0, 0.1) is 0 Å². The second-order valence-corrected chi connectivity index (χ2v) is 3.01. The largest absolute Gasteiger partial charge is 0.399 e. The Kier molecular flexibility index (Phi) is 3.14. The maximum absolute atomic E-state index is 9.44. The molecule has 13 heavy (non-hydrogen) atoms. The van der Waals surface area contributed by atoms with E-state index in [1.54, 1.807) is 6.92 Å². The lowest BCUT2D eigenvalue weighted by molar-refractivity contribution is 0.190. The predicted octanol–water partition coefficient (Wildman–Crippen LogP) is 1.43. The van der Waals surface area contributed by atoms with E-state index in [9.17, 15) is 5.11 Å². The number of hydrogen-bond donors (Lipinski definition) is 2. The molecule has 3 N–H and O–H groups in total. The number of aliphatic hydroxyl groups is 1. The zero-order valence-electron chi connectivity index (χ0n) is 8.07. The first-order valence-corrected chi connectivity index (χ1v) is 4.45. The van der Waals surface area contributed by atoms with E-state index in [1.165, 1.54) is 0 Å². The monoisotopic (exact) mass is 180 g/mol. The average molecular weight is 180 g/mol. The molecule has 72 valence electrons. The van der Waals surface area contributed by atoms with E-state index in [-0.39, 0.29) is 0 Å². The molecule has 1 aromatic rings. The topological polar surface area (TPSA) is 49.5 Å². The summed E-state index contributed by atoms with van der Waals surface area (Å²) in [7, 11) is 0. The number of benzene rings is 1. The fraction of sp³-hybridized carbons (Fsp3) is 0.400. The summed E-state index contributed by atoms with van der Waals surface area (Å²) in [6.45, 7) is 4.50. The highest BCUT2D eigenvalue weighted by Crippen LogP contribution is 2.18. The van der Waals surface area contributed by atoms with E-state index in [0.29, 0.717) is 0 Å². The van der Waals surface area contributed by atoms with Gasteiger partial charge < -0.3 is 15.7 Å². The Hall–Kier alpha value is -1.22. The number of hydrogen-bond acceptors (Lipinski definition) is 3. The van der Waals surface area contributed by atoms with E-state index in [1.807, 2.05) is 36.1 Å². The SMILES string of the molecule is CCN(c1cccc(N)c1)C(C)O. The highest BCUT2D eigenvalue weighted by atomic mass is 16.3. The summed E-state index contributed by atoms with van der Waals surface area (Å²) >= 11 is 0. The van der Waals surface area contributed by atoms with Crippen LogP contribution in [0.25, 0.3) is 0 Å². The third-order valence-corrected chi connectivity index (χ3v) is 1.99. The Bertz CT molecular complexity index is 273. The van der Waals surface area contributed by atoms with Gasteiger partial charge in [-0.25, -0.2) is 0 Å². The molecule has 0 bridgehead atoms. The minimum atomic E-state index is -0.480. The van der Waals surface area contributed by atoms with Crippen molar-refractivity contribution in [3.05, 3.63) is 24.3 Å². The fourth-order valence-electron chi connectivity index (χ4n) is 1.37. The lowest BCUT2D eigenvalue weighted by Crippen LogP contribution is -2.32. The predicted molar refractivity (Wildman–Crippen MR) is 55.6 cm³/mol. The quantitative estimate of drug-likeness (QED) is 0.546. The van der Waals surface area contributed by atoms with E-state index in [0.717, 1.165) is 17.9 Å². The van der Waals surface area contributed by atoms with E-state index in [2.05, 4.69) is 0 Å². The van der Waals surface area contributed by atoms with Crippen LogP contribution < -0.4 is 10.6 Å². The van der Waals surface area contributed by atoms with Crippen LogP contribution in [0.15, 0.2) is 24.3 Å². The summed E-state index contributed by atoms with van der Waals surface area (Å²) in [5.41, 5.74) is 7.32. The highest BCUT2D eigenvalue weighted by Gasteiger charge is 2.08. The number of nitrogens with zero attached hydrogens (tertiary/aromatic N) is 1. The molecule has 0 amide bonds. The van der Waals surface area contributed by atoms with Crippen molar-refractivity contribution in [1.29, 1.82) is 0 Å². The third-order valence-electron chi connectivity index (χ3n) is 1.99. The van der Waals surface area contributed by atoms with Gasteiger partial charge in [-0.1, -0.05) is 6.07 Å². The molecule has 1 rings (SSSR count). The van der Waals surface area contributed by atoms with Gasteiger partial charge in [0.15, 0.2) is 0 Å². The zero-order chi connectivity index (χ0) is 9.84. The summed E-state index contributed by atoms with van der Waals surface area (Å²) in [5.74, 6) is 0. The van der Waals surface area contributed by atoms with Crippen molar-refractivity contribution in [3.63, 3.8) is 0 Å². The lowest BCUT2D eigenvalue weighted by Gasteiger charge is -2.26. The zero-order valence-corrected chi connectivity index (χ0v) is 8.07. The molecular weight excluding hydrogens is 164 g/mol. The first-order valence-electron chi connectivity index (χ1n) is 4.45. The molecule has 0 saturated heterocycles. The van der Waals surface area contributed by atoms with Gasteiger partial charge in [-0.15, -0.1) is 0 Å². The Morgan fingerprint density at radius 3 is 2.69 bits per heavy atom. The molecule has 0 heterocycles. The van der Waals surface area contributed by atoms with Crippen LogP contribution >= 0.6 is 0 Å². The summed E-state index contributed by atoms with van der Waals surface area (Å²) in [4.78, 5) is 1.87. The van der Waals surface area contributed by atoms with Gasteiger partial charge in [0.2, 0.25) is 0 Å². The molecule has 0 saturated carbocycles. The van der Waals surface area contributed by atoms with Gasteiger partial charge in [-0.2, -0.15) is 0 Å². The molecule has 3 nitrogen and oxygen atoms in total. The second-order valence-electron chi connectivity index (χ2n) is 3.01. The Labute approximate surface area is 78.8 Å². The maximum Gasteiger partial charge on any atom is 0.124 e. The maximum atomic E-state index is 9.44. The van der Waals surface area contributed by atoms with Crippen LogP contribution in [-0.2, 0) is 0 Å². The molecule has 0 spiro atoms. The Morgan fingerprint density at radius 2 is 2.23 bits per heavy atom. The summed E-state index contributed by atoms with van der Waals surface area (Å²) in [6, 6.07) is 7.51. The van der Waals surface area contributed by atoms with Gasteiger partial charge in [0, 0.05) is 17.9 Å². The number of nitrogens with two attached hydrogens (primary N) is 1. The van der Waals surface area contributed by atoms with Crippen molar-refractivity contribution in [2.75, 3.05) is 17.2 Å². The minimum absolute atomic E-state index is 0.480. The number of nitrogen functional groups attached to an aromatic ring is 1. The van der Waals surface area contributed by atoms with E-state index < -0.39 is 6.23 Å². The van der Waals surface area contributed by atoms with Crippen molar-refractivity contribution < 1.29 is 5.11 Å². The molecule has 0 aliphatic heterocycles. The summed E-state index contributed by atoms with van der Waals surface area (Å²) in [6.07, 6.45) is -0.480. The Morgan fingerprint density at radius 1 is 1.54 bits per heavy atom. The van der Waals surface area contributed by atoms with Crippen LogP contribution in [0.1, 0.15) is 13.8 Å². The van der Waals surface area contributed by atoms with Crippen LogP contribution in [0.2, 0.25) is 0 Å². The Balaban J connectivity index is 2.91. The van der Waals surface area contributed by atoms with Gasteiger partial charge in [0.25, 0.3) is 0 Å². The standard InChI is InChI=1S/C10H16N2O/c1-3-12(8(2)13)10-6-4-5-9(11)7-10/h4-8,13H,3,11H2,1-2H3. The molecule has 1 unspecified atom stereocenters. The van der Waals surface area contributed by atoms with Gasteiger partial charge in [0.05, 0.1) is 0 Å². The molecular formula is C10H16N2O. The number of aliphatic hydroxyl groups excluding tert-OH is 1. The molecule has 1 atom stereocenters. The van der Waals surface area contributed by atoms with Crippen LogP contribution in [0.3, 0.4) is 0 Å². The molecule has 1 aromatic carbocycles. The van der Waals surface area contributed by atoms with Crippen molar-refractivity contribution in [1.82, 2.24) is 0 Å². The third kappa shape index (κ3) is 2.36. The first kappa shape index (κ1) is 9.86. The van der Waals surface area contributed by atoms with Gasteiger partial charge >= 0.3 is 0 Å². The van der Waals surface area contributed by atoms with Crippen molar-refractivity contribution in [3.8, 4) is 0 Å². The van der Waals surface area contributed by atoms with Gasteiger partial charge in [-0.3, -0.25) is 0 Å². The van der Waals surface area contributed by atoms with E-state index >= 15 is 0 Å². The molecule has 0 aromatic heterocycles. The molecule has 0 radical (unpaired) electrons. The lowest BCUT2D eigenvalue weighted by atomic mass is 10.2. The first-order chi connectivity index (χ1) is 6.15. The van der Waals surface area contributed by atoms with Crippen LogP contribution in [-0.4, -0.2) is 17.9 Å². The molecule has 0 fully saturated rings. The highest BCUT2D eigenvalue weighted by molar-refractivity contribution is 5.55. The average Bonchev–Trinajstić information content (AvgIpc) is 2.04. The van der Waals surface area contributed by atoms with E-state index in [4.69, 9.17) is 5.73 Å². The number of rotatable bonds is 3. The minimum Gasteiger partial charge on any atom is -0.399 e.